The lowest BCUT2D eigenvalue weighted by Crippen LogP contribution is -2.44. The van der Waals surface area contributed by atoms with Crippen molar-refractivity contribution in [3.05, 3.63) is 24.2 Å². The van der Waals surface area contributed by atoms with Gasteiger partial charge in [0.1, 0.15) is 5.76 Å². The van der Waals surface area contributed by atoms with E-state index in [1.54, 1.807) is 19.3 Å². The summed E-state index contributed by atoms with van der Waals surface area (Å²) in [6.07, 6.45) is 1.89. The molecular formula is C14H24N2O3. The molecule has 108 valence electrons. The molecule has 0 radical (unpaired) electrons. The molecule has 1 aromatic rings. The lowest BCUT2D eigenvalue weighted by atomic mass is 10.1. The van der Waals surface area contributed by atoms with E-state index in [2.05, 4.69) is 24.5 Å². The first kappa shape index (κ1) is 15.7. The second-order valence-electron chi connectivity index (χ2n) is 5.21. The number of nitrogens with one attached hydrogen (secondary N) is 2. The van der Waals surface area contributed by atoms with Crippen LogP contribution in [0.4, 0.5) is 0 Å². The zero-order valence-electron chi connectivity index (χ0n) is 11.8. The summed E-state index contributed by atoms with van der Waals surface area (Å²) in [5.74, 6) is 1.06. The normalized spacial score (nSPS) is 14.4. The van der Waals surface area contributed by atoms with Crippen molar-refractivity contribution in [3.63, 3.8) is 0 Å². The van der Waals surface area contributed by atoms with E-state index in [1.165, 1.54) is 0 Å². The second-order valence-corrected chi connectivity index (χ2v) is 5.21. The van der Waals surface area contributed by atoms with Gasteiger partial charge in [0.05, 0.1) is 25.0 Å². The average Bonchev–Trinajstić information content (AvgIpc) is 2.85. The van der Waals surface area contributed by atoms with Crippen molar-refractivity contribution in [2.75, 3.05) is 6.54 Å². The minimum atomic E-state index is -0.416. The Labute approximate surface area is 114 Å². The molecule has 2 atom stereocenters. The van der Waals surface area contributed by atoms with E-state index in [0.29, 0.717) is 19.0 Å². The van der Waals surface area contributed by atoms with Gasteiger partial charge in [0.15, 0.2) is 0 Å². The molecule has 3 N–H and O–H groups in total. The lowest BCUT2D eigenvalue weighted by Gasteiger charge is -2.17. The Kier molecular flexibility index (Phi) is 6.59. The third-order valence-electron chi connectivity index (χ3n) is 2.81. The predicted octanol–water partition coefficient (Wildman–Crippen LogP) is 1.28. The Bertz CT molecular complexity index is 363. The summed E-state index contributed by atoms with van der Waals surface area (Å²) < 4.78 is 5.13. The van der Waals surface area contributed by atoms with E-state index < -0.39 is 6.10 Å². The highest BCUT2D eigenvalue weighted by Crippen LogP contribution is 2.03. The first-order valence-electron chi connectivity index (χ1n) is 6.70. The molecule has 19 heavy (non-hydrogen) atoms. The first-order chi connectivity index (χ1) is 8.99. The van der Waals surface area contributed by atoms with E-state index >= 15 is 0 Å². The van der Waals surface area contributed by atoms with Crippen molar-refractivity contribution >= 4 is 5.91 Å². The maximum Gasteiger partial charge on any atom is 0.237 e. The zero-order valence-corrected chi connectivity index (χ0v) is 11.8. The Morgan fingerprint density at radius 3 is 2.74 bits per heavy atom. The minimum Gasteiger partial charge on any atom is -0.467 e. The molecule has 0 spiro atoms. The van der Waals surface area contributed by atoms with Gasteiger partial charge in [-0.15, -0.1) is 0 Å². The van der Waals surface area contributed by atoms with Crippen molar-refractivity contribution < 1.29 is 14.3 Å². The molecule has 5 heteroatoms. The fourth-order valence-corrected chi connectivity index (χ4v) is 1.77. The Balaban J connectivity index is 2.21. The number of hydrogen-bond acceptors (Lipinski definition) is 4. The molecule has 0 aromatic carbocycles. The van der Waals surface area contributed by atoms with Gasteiger partial charge >= 0.3 is 0 Å². The third-order valence-corrected chi connectivity index (χ3v) is 2.81. The van der Waals surface area contributed by atoms with Crippen molar-refractivity contribution in [1.29, 1.82) is 0 Å². The van der Waals surface area contributed by atoms with Crippen LogP contribution in [0.1, 0.15) is 33.0 Å². The molecule has 0 aliphatic carbocycles. The highest BCUT2D eigenvalue weighted by atomic mass is 16.3. The molecule has 0 saturated heterocycles. The molecule has 0 fully saturated rings. The second kappa shape index (κ2) is 7.96. The van der Waals surface area contributed by atoms with Gasteiger partial charge in [0, 0.05) is 6.54 Å². The summed E-state index contributed by atoms with van der Waals surface area (Å²) in [6, 6.07) is 3.26. The quantitative estimate of drug-likeness (QED) is 0.664. The number of furan rings is 1. The molecule has 1 aromatic heterocycles. The van der Waals surface area contributed by atoms with Crippen molar-refractivity contribution in [2.45, 2.75) is 45.9 Å². The maximum atomic E-state index is 11.8. The number of aliphatic hydroxyl groups is 1. The SMILES string of the molecule is CC(C)CC(O)CNC(C)C(=O)NCc1ccco1. The summed E-state index contributed by atoms with van der Waals surface area (Å²) in [4.78, 5) is 11.8. The zero-order chi connectivity index (χ0) is 14.3. The van der Waals surface area contributed by atoms with Crippen LogP contribution in [0.25, 0.3) is 0 Å². The maximum absolute atomic E-state index is 11.8. The Morgan fingerprint density at radius 2 is 2.16 bits per heavy atom. The number of carbonyl (C=O) groups is 1. The molecule has 0 saturated carbocycles. The van der Waals surface area contributed by atoms with E-state index in [0.717, 1.165) is 12.2 Å². The summed E-state index contributed by atoms with van der Waals surface area (Å²) in [6.45, 7) is 6.70. The van der Waals surface area contributed by atoms with Crippen LogP contribution >= 0.6 is 0 Å². The minimum absolute atomic E-state index is 0.104. The van der Waals surface area contributed by atoms with Crippen LogP contribution in [-0.4, -0.2) is 29.7 Å². The smallest absolute Gasteiger partial charge is 0.237 e. The van der Waals surface area contributed by atoms with Crippen LogP contribution in [0.5, 0.6) is 0 Å². The monoisotopic (exact) mass is 268 g/mol. The van der Waals surface area contributed by atoms with Crippen LogP contribution in [-0.2, 0) is 11.3 Å². The van der Waals surface area contributed by atoms with Gasteiger partial charge in [-0.05, 0) is 31.4 Å². The van der Waals surface area contributed by atoms with E-state index in [-0.39, 0.29) is 11.9 Å². The van der Waals surface area contributed by atoms with Gasteiger partial charge in [0.2, 0.25) is 5.91 Å². The van der Waals surface area contributed by atoms with Crippen LogP contribution in [0, 0.1) is 5.92 Å². The van der Waals surface area contributed by atoms with E-state index in [1.807, 2.05) is 6.07 Å². The summed E-state index contributed by atoms with van der Waals surface area (Å²) in [7, 11) is 0. The van der Waals surface area contributed by atoms with Crippen LogP contribution in [0.3, 0.4) is 0 Å². The predicted molar refractivity (Wildman–Crippen MR) is 73.5 cm³/mol. The molecule has 0 bridgehead atoms. The number of carbonyl (C=O) groups excluding carboxylic acids is 1. The number of aliphatic hydroxyl groups excluding tert-OH is 1. The molecule has 1 heterocycles. The van der Waals surface area contributed by atoms with Crippen molar-refractivity contribution in [3.8, 4) is 0 Å². The third kappa shape index (κ3) is 6.40. The van der Waals surface area contributed by atoms with Gasteiger partial charge in [-0.2, -0.15) is 0 Å². The molecule has 0 aliphatic rings. The first-order valence-corrected chi connectivity index (χ1v) is 6.70. The van der Waals surface area contributed by atoms with Gasteiger partial charge in [0.25, 0.3) is 0 Å². The van der Waals surface area contributed by atoms with E-state index in [4.69, 9.17) is 4.42 Å². The van der Waals surface area contributed by atoms with Crippen LogP contribution in [0.2, 0.25) is 0 Å². The molecule has 5 nitrogen and oxygen atoms in total. The molecular weight excluding hydrogens is 244 g/mol. The van der Waals surface area contributed by atoms with Crippen LogP contribution in [0.15, 0.2) is 22.8 Å². The molecule has 2 unspecified atom stereocenters. The number of amides is 1. The lowest BCUT2D eigenvalue weighted by molar-refractivity contribution is -0.123. The van der Waals surface area contributed by atoms with Gasteiger partial charge in [-0.25, -0.2) is 0 Å². The van der Waals surface area contributed by atoms with E-state index in [9.17, 15) is 9.90 Å². The Morgan fingerprint density at radius 1 is 1.42 bits per heavy atom. The topological polar surface area (TPSA) is 74.5 Å². The molecule has 1 amide bonds. The van der Waals surface area contributed by atoms with Crippen LogP contribution < -0.4 is 10.6 Å². The van der Waals surface area contributed by atoms with Gasteiger partial charge in [-0.3, -0.25) is 4.79 Å². The number of hydrogen-bond donors (Lipinski definition) is 3. The summed E-state index contributed by atoms with van der Waals surface area (Å²) in [5, 5.41) is 15.5. The van der Waals surface area contributed by atoms with Crippen molar-refractivity contribution in [1.82, 2.24) is 10.6 Å². The van der Waals surface area contributed by atoms with Crippen molar-refractivity contribution in [2.24, 2.45) is 5.92 Å². The van der Waals surface area contributed by atoms with Gasteiger partial charge < -0.3 is 20.2 Å². The highest BCUT2D eigenvalue weighted by molar-refractivity contribution is 5.81. The molecule has 0 aliphatic heterocycles. The number of rotatable bonds is 8. The largest absolute Gasteiger partial charge is 0.467 e. The fraction of sp³-hybridized carbons (Fsp3) is 0.643. The summed E-state index contributed by atoms with van der Waals surface area (Å²) >= 11 is 0. The fourth-order valence-electron chi connectivity index (χ4n) is 1.77. The molecule has 1 rings (SSSR count). The highest BCUT2D eigenvalue weighted by Gasteiger charge is 2.14. The van der Waals surface area contributed by atoms with Gasteiger partial charge in [-0.1, -0.05) is 13.8 Å². The summed E-state index contributed by atoms with van der Waals surface area (Å²) in [5.41, 5.74) is 0. The Hall–Kier alpha value is -1.33. The average molecular weight is 268 g/mol. The standard InChI is InChI=1S/C14H24N2O3/c1-10(2)7-12(17)8-15-11(3)14(18)16-9-13-5-4-6-19-13/h4-6,10-12,15,17H,7-9H2,1-3H3,(H,16,18).